The predicted molar refractivity (Wildman–Crippen MR) is 93.9 cm³/mol. The normalized spacial score (nSPS) is 13.4. The number of benzene rings is 2. The molecule has 0 atom stereocenters. The Balaban J connectivity index is 1.88. The number of allylic oxidation sites excluding steroid dienone is 1. The third-order valence-electron chi connectivity index (χ3n) is 4.12. The fourth-order valence-corrected chi connectivity index (χ4v) is 2.96. The molecule has 0 spiro atoms. The zero-order valence-electron chi connectivity index (χ0n) is 13.6. The molecule has 0 fully saturated rings. The number of carbonyl (C=O) groups is 1. The Morgan fingerprint density at radius 3 is 2.85 bits per heavy atom. The highest BCUT2D eigenvalue weighted by Gasteiger charge is 2.19. The maximum absolute atomic E-state index is 13.3. The van der Waals surface area contributed by atoms with Gasteiger partial charge in [-0.2, -0.15) is 0 Å². The van der Waals surface area contributed by atoms with E-state index < -0.39 is 11.7 Å². The predicted octanol–water partition coefficient (Wildman–Crippen LogP) is 2.72. The topological polar surface area (TPSA) is 79.3 Å². The molecular weight excluding hydrogens is 335 g/mol. The van der Waals surface area contributed by atoms with Gasteiger partial charge in [-0.15, -0.1) is 16.8 Å². The van der Waals surface area contributed by atoms with E-state index in [2.05, 4.69) is 21.8 Å². The largest absolute Gasteiger partial charge is 0.493 e. The average molecular weight is 348 g/mol. The summed E-state index contributed by atoms with van der Waals surface area (Å²) in [5, 5.41) is 19.9. The Labute approximate surface area is 146 Å². The first kappa shape index (κ1) is 15.9. The first-order chi connectivity index (χ1) is 12.6. The number of halogens is 1. The summed E-state index contributed by atoms with van der Waals surface area (Å²) in [6.45, 7) is 4.08. The molecule has 1 amide bonds. The summed E-state index contributed by atoms with van der Waals surface area (Å²) in [5.41, 5.74) is 1.03. The Kier molecular flexibility index (Phi) is 3.69. The lowest BCUT2D eigenvalue weighted by molar-refractivity contribution is -0.112. The van der Waals surface area contributed by atoms with Crippen LogP contribution in [0.4, 0.5) is 10.1 Å². The summed E-state index contributed by atoms with van der Waals surface area (Å²) >= 11 is 0. The fraction of sp³-hybridized carbons (Fsp3) is 0.0526. The highest BCUT2D eigenvalue weighted by atomic mass is 19.1. The van der Waals surface area contributed by atoms with E-state index in [1.165, 1.54) is 18.2 Å². The van der Waals surface area contributed by atoms with Gasteiger partial charge in [0.15, 0.2) is 11.4 Å². The highest BCUT2D eigenvalue weighted by Crippen LogP contribution is 2.39. The molecule has 1 aliphatic heterocycles. The summed E-state index contributed by atoms with van der Waals surface area (Å²) in [6, 6.07) is 11.2. The van der Waals surface area contributed by atoms with Crippen LogP contribution in [-0.2, 0) is 11.3 Å². The quantitative estimate of drug-likeness (QED) is 0.581. The highest BCUT2D eigenvalue weighted by molar-refractivity contribution is 6.14. The van der Waals surface area contributed by atoms with Gasteiger partial charge in [0.05, 0.1) is 10.9 Å². The van der Waals surface area contributed by atoms with Crippen LogP contribution in [0.5, 0.6) is 5.88 Å². The molecule has 0 aliphatic carbocycles. The van der Waals surface area contributed by atoms with Gasteiger partial charge in [-0.05, 0) is 18.2 Å². The van der Waals surface area contributed by atoms with Crippen molar-refractivity contribution in [1.29, 1.82) is 0 Å². The summed E-state index contributed by atoms with van der Waals surface area (Å²) in [6.07, 6.45) is 1.66. The second-order valence-electron chi connectivity index (χ2n) is 5.72. The lowest BCUT2D eigenvalue weighted by atomic mass is 10.2. The lowest BCUT2D eigenvalue weighted by Gasteiger charge is -2.01. The fourth-order valence-electron chi connectivity index (χ4n) is 2.96. The summed E-state index contributed by atoms with van der Waals surface area (Å²) in [5.74, 6) is -1.15. The molecule has 0 saturated heterocycles. The van der Waals surface area contributed by atoms with Crippen molar-refractivity contribution in [1.82, 2.24) is 4.57 Å². The van der Waals surface area contributed by atoms with Gasteiger partial charge < -0.3 is 9.67 Å². The Bertz CT molecular complexity index is 1220. The minimum Gasteiger partial charge on any atom is -0.493 e. The van der Waals surface area contributed by atoms with E-state index in [9.17, 15) is 14.3 Å². The molecule has 1 N–H and O–H groups in total. The molecule has 26 heavy (non-hydrogen) atoms. The molecule has 128 valence electrons. The molecule has 2 heterocycles. The molecule has 0 bridgehead atoms. The molecule has 4 rings (SSSR count). The van der Waals surface area contributed by atoms with Crippen molar-refractivity contribution in [2.75, 3.05) is 0 Å². The van der Waals surface area contributed by atoms with Gasteiger partial charge in [-0.1, -0.05) is 24.3 Å². The van der Waals surface area contributed by atoms with Crippen LogP contribution < -0.4 is 10.6 Å². The van der Waals surface area contributed by atoms with Crippen molar-refractivity contribution in [2.24, 2.45) is 15.2 Å². The first-order valence-corrected chi connectivity index (χ1v) is 7.86. The second kappa shape index (κ2) is 6.03. The second-order valence-corrected chi connectivity index (χ2v) is 5.72. The number of amides is 1. The third kappa shape index (κ3) is 2.41. The Morgan fingerprint density at radius 1 is 1.23 bits per heavy atom. The van der Waals surface area contributed by atoms with Crippen molar-refractivity contribution in [3.8, 4) is 5.88 Å². The van der Waals surface area contributed by atoms with E-state index >= 15 is 0 Å². The molecule has 2 aromatic carbocycles. The molecule has 1 aromatic heterocycles. The molecule has 6 nitrogen and oxygen atoms in total. The third-order valence-corrected chi connectivity index (χ3v) is 4.12. The van der Waals surface area contributed by atoms with Crippen molar-refractivity contribution in [3.63, 3.8) is 0 Å². The maximum Gasteiger partial charge on any atom is 0.298 e. The van der Waals surface area contributed by atoms with Gasteiger partial charge in [0.25, 0.3) is 5.91 Å². The van der Waals surface area contributed by atoms with Gasteiger partial charge in [-0.3, -0.25) is 4.79 Å². The van der Waals surface area contributed by atoms with Crippen LogP contribution in [0.1, 0.15) is 0 Å². The zero-order valence-corrected chi connectivity index (χ0v) is 13.6. The van der Waals surface area contributed by atoms with Crippen LogP contribution in [0.2, 0.25) is 0 Å². The number of aromatic nitrogens is 1. The van der Waals surface area contributed by atoms with Gasteiger partial charge in [-0.25, -0.2) is 9.38 Å². The number of rotatable bonds is 4. The number of azo groups is 1. The Morgan fingerprint density at radius 2 is 2.04 bits per heavy atom. The van der Waals surface area contributed by atoms with Crippen LogP contribution in [-0.4, -0.2) is 15.6 Å². The van der Waals surface area contributed by atoms with E-state index in [1.807, 2.05) is 18.2 Å². The summed E-state index contributed by atoms with van der Waals surface area (Å²) in [4.78, 5) is 15.8. The van der Waals surface area contributed by atoms with Crippen LogP contribution in [0.15, 0.2) is 70.3 Å². The van der Waals surface area contributed by atoms with E-state index in [0.29, 0.717) is 17.1 Å². The van der Waals surface area contributed by atoms with Crippen LogP contribution in [0.25, 0.3) is 16.6 Å². The zero-order chi connectivity index (χ0) is 18.3. The first-order valence-electron chi connectivity index (χ1n) is 7.86. The summed E-state index contributed by atoms with van der Waals surface area (Å²) < 4.78 is 14.9. The van der Waals surface area contributed by atoms with Gasteiger partial charge in [0.1, 0.15) is 5.82 Å². The SMILES string of the molecule is C=CCn1c(O)c(N=NC2=c3ccc(F)cc3=NC2=O)c2ccccc21. The number of aromatic hydroxyl groups is 1. The van der Waals surface area contributed by atoms with Gasteiger partial charge >= 0.3 is 0 Å². The molecule has 0 saturated carbocycles. The summed E-state index contributed by atoms with van der Waals surface area (Å²) in [7, 11) is 0. The maximum atomic E-state index is 13.3. The van der Waals surface area contributed by atoms with E-state index in [0.717, 1.165) is 5.52 Å². The van der Waals surface area contributed by atoms with E-state index in [-0.39, 0.29) is 22.6 Å². The average Bonchev–Trinajstić information content (AvgIpc) is 3.07. The van der Waals surface area contributed by atoms with E-state index in [4.69, 9.17) is 0 Å². The van der Waals surface area contributed by atoms with Gasteiger partial charge in [0, 0.05) is 23.2 Å². The van der Waals surface area contributed by atoms with Crippen molar-refractivity contribution in [3.05, 3.63) is 71.5 Å². The number of nitrogens with zero attached hydrogens (tertiary/aromatic N) is 4. The van der Waals surface area contributed by atoms with Crippen molar-refractivity contribution < 1.29 is 14.3 Å². The Hall–Kier alpha value is -3.61. The number of fused-ring (bicyclic) bond motifs is 2. The van der Waals surface area contributed by atoms with Crippen molar-refractivity contribution >= 4 is 28.2 Å². The number of hydrogen-bond acceptors (Lipinski definition) is 4. The van der Waals surface area contributed by atoms with Crippen LogP contribution in [0, 0.1) is 5.82 Å². The number of para-hydroxylation sites is 1. The minimum absolute atomic E-state index is 0.0138. The smallest absolute Gasteiger partial charge is 0.298 e. The van der Waals surface area contributed by atoms with E-state index in [1.54, 1.807) is 16.7 Å². The molecule has 1 aliphatic rings. The number of carbonyl (C=O) groups excluding carboxylic acids is 1. The standard InChI is InChI=1S/C19H13FN4O2/c1-2-9-24-15-6-4-3-5-13(15)17(19(24)26)23-22-16-12-8-7-11(20)10-14(12)21-18(16)25/h2-8,10,26H,1,9H2. The number of hydrogen-bond donors (Lipinski definition) is 1. The monoisotopic (exact) mass is 348 g/mol. The molecule has 3 aromatic rings. The van der Waals surface area contributed by atoms with Gasteiger partial charge in [0.2, 0.25) is 5.88 Å². The lowest BCUT2D eigenvalue weighted by Crippen LogP contribution is -2.22. The van der Waals surface area contributed by atoms with Crippen molar-refractivity contribution in [2.45, 2.75) is 6.54 Å². The molecule has 0 unspecified atom stereocenters. The van der Waals surface area contributed by atoms with Crippen LogP contribution >= 0.6 is 0 Å². The molecular formula is C19H13FN4O2. The molecule has 7 heteroatoms. The minimum atomic E-state index is -0.594. The van der Waals surface area contributed by atoms with Crippen LogP contribution in [0.3, 0.4) is 0 Å². The molecule has 0 radical (unpaired) electrons.